The van der Waals surface area contributed by atoms with Gasteiger partial charge in [0.15, 0.2) is 0 Å². The van der Waals surface area contributed by atoms with Gasteiger partial charge in [0.2, 0.25) is 0 Å². The number of hydrogen-bond acceptors (Lipinski definition) is 4. The summed E-state index contributed by atoms with van der Waals surface area (Å²) in [6, 6.07) is 12.0. The minimum atomic E-state index is -1.03. The molecule has 0 saturated carbocycles. The van der Waals surface area contributed by atoms with E-state index in [0.717, 1.165) is 28.3 Å². The van der Waals surface area contributed by atoms with Crippen molar-refractivity contribution in [3.05, 3.63) is 47.5 Å². The van der Waals surface area contributed by atoms with Crippen molar-refractivity contribution in [1.29, 1.82) is 0 Å². The van der Waals surface area contributed by atoms with Crippen LogP contribution in [-0.4, -0.2) is 26.2 Å². The summed E-state index contributed by atoms with van der Waals surface area (Å²) in [5, 5.41) is 2.26. The fourth-order valence-electron chi connectivity index (χ4n) is 3.82. The summed E-state index contributed by atoms with van der Waals surface area (Å²) in [5.74, 6) is -1.30. The molecular formula is C19H20O4. The number of ether oxygens (including phenoxy) is 2. The third-order valence-corrected chi connectivity index (χ3v) is 5.08. The van der Waals surface area contributed by atoms with Crippen LogP contribution in [0.5, 0.6) is 0 Å². The fraction of sp³-hybridized carbons (Fsp3) is 0.368. The number of aryl methyl sites for hydroxylation is 1. The molecule has 0 fully saturated rings. The Kier molecular flexibility index (Phi) is 3.84. The van der Waals surface area contributed by atoms with E-state index in [-0.39, 0.29) is 5.97 Å². The van der Waals surface area contributed by atoms with Crippen molar-refractivity contribution in [2.45, 2.75) is 25.2 Å². The molecule has 0 amide bonds. The Morgan fingerprint density at radius 2 is 1.83 bits per heavy atom. The minimum absolute atomic E-state index is 0.364. The van der Waals surface area contributed by atoms with Crippen LogP contribution in [0.1, 0.15) is 24.5 Å². The van der Waals surface area contributed by atoms with Crippen LogP contribution in [0.15, 0.2) is 36.4 Å². The molecule has 2 unspecified atom stereocenters. The van der Waals surface area contributed by atoms with E-state index in [1.807, 2.05) is 24.3 Å². The van der Waals surface area contributed by atoms with Crippen molar-refractivity contribution in [3.8, 4) is 0 Å². The number of esters is 2. The van der Waals surface area contributed by atoms with Gasteiger partial charge in [-0.1, -0.05) is 36.4 Å². The van der Waals surface area contributed by atoms with Gasteiger partial charge in [0.25, 0.3) is 0 Å². The highest BCUT2D eigenvalue weighted by Crippen LogP contribution is 2.45. The first kappa shape index (κ1) is 15.5. The monoisotopic (exact) mass is 312 g/mol. The van der Waals surface area contributed by atoms with E-state index in [4.69, 9.17) is 9.47 Å². The number of hydrogen-bond donors (Lipinski definition) is 0. The minimum Gasteiger partial charge on any atom is -0.469 e. The van der Waals surface area contributed by atoms with Gasteiger partial charge < -0.3 is 9.47 Å². The maximum Gasteiger partial charge on any atom is 0.316 e. The Bertz CT molecular complexity index is 780. The topological polar surface area (TPSA) is 52.6 Å². The highest BCUT2D eigenvalue weighted by Gasteiger charge is 2.51. The average molecular weight is 312 g/mol. The van der Waals surface area contributed by atoms with Crippen LogP contribution in [0, 0.1) is 5.92 Å². The third-order valence-electron chi connectivity index (χ3n) is 5.08. The first-order valence-electron chi connectivity index (χ1n) is 7.71. The molecule has 4 nitrogen and oxygen atoms in total. The molecule has 4 heteroatoms. The third kappa shape index (κ3) is 2.21. The largest absolute Gasteiger partial charge is 0.469 e. The van der Waals surface area contributed by atoms with Crippen molar-refractivity contribution in [2.24, 2.45) is 5.92 Å². The summed E-state index contributed by atoms with van der Waals surface area (Å²) in [7, 11) is 2.72. The predicted octanol–water partition coefficient (Wildman–Crippen LogP) is 3.01. The van der Waals surface area contributed by atoms with Gasteiger partial charge in [-0.2, -0.15) is 0 Å². The van der Waals surface area contributed by atoms with E-state index in [1.54, 1.807) is 6.92 Å². The zero-order valence-corrected chi connectivity index (χ0v) is 13.6. The fourth-order valence-corrected chi connectivity index (χ4v) is 3.82. The van der Waals surface area contributed by atoms with E-state index in [9.17, 15) is 9.59 Å². The van der Waals surface area contributed by atoms with Crippen LogP contribution >= 0.6 is 0 Å². The van der Waals surface area contributed by atoms with Crippen LogP contribution in [0.25, 0.3) is 10.8 Å². The van der Waals surface area contributed by atoms with E-state index in [1.165, 1.54) is 14.2 Å². The normalized spacial score (nSPS) is 23.2. The molecule has 2 atom stereocenters. The van der Waals surface area contributed by atoms with E-state index in [0.29, 0.717) is 6.42 Å². The Morgan fingerprint density at radius 1 is 1.09 bits per heavy atom. The van der Waals surface area contributed by atoms with Gasteiger partial charge in [-0.05, 0) is 41.7 Å². The van der Waals surface area contributed by atoms with Crippen molar-refractivity contribution in [2.75, 3.05) is 14.2 Å². The van der Waals surface area contributed by atoms with Crippen molar-refractivity contribution in [1.82, 2.24) is 0 Å². The van der Waals surface area contributed by atoms with Crippen molar-refractivity contribution in [3.63, 3.8) is 0 Å². The van der Waals surface area contributed by atoms with Crippen LogP contribution in [0.2, 0.25) is 0 Å². The lowest BCUT2D eigenvalue weighted by Gasteiger charge is -2.39. The molecule has 0 heterocycles. The molecule has 0 bridgehead atoms. The maximum absolute atomic E-state index is 12.6. The average Bonchev–Trinajstić information content (AvgIpc) is 2.60. The highest BCUT2D eigenvalue weighted by molar-refractivity contribution is 5.95. The lowest BCUT2D eigenvalue weighted by molar-refractivity contribution is -0.160. The second-order valence-electron chi connectivity index (χ2n) is 6.12. The van der Waals surface area contributed by atoms with Gasteiger partial charge in [-0.3, -0.25) is 9.59 Å². The van der Waals surface area contributed by atoms with E-state index in [2.05, 4.69) is 12.1 Å². The van der Waals surface area contributed by atoms with Crippen molar-refractivity contribution < 1.29 is 19.1 Å². The zero-order valence-electron chi connectivity index (χ0n) is 13.6. The summed E-state index contributed by atoms with van der Waals surface area (Å²) in [6.45, 7) is 1.78. The molecule has 0 aliphatic heterocycles. The van der Waals surface area contributed by atoms with Crippen LogP contribution in [0.4, 0.5) is 0 Å². The Labute approximate surface area is 135 Å². The number of carbonyl (C=O) groups is 2. The molecule has 3 rings (SSSR count). The lowest BCUT2D eigenvalue weighted by Crippen LogP contribution is -2.48. The van der Waals surface area contributed by atoms with Crippen molar-refractivity contribution >= 4 is 22.7 Å². The maximum atomic E-state index is 12.6. The molecule has 23 heavy (non-hydrogen) atoms. The molecular weight excluding hydrogens is 292 g/mol. The first-order chi connectivity index (χ1) is 11.0. The molecule has 1 aliphatic carbocycles. The first-order valence-corrected chi connectivity index (χ1v) is 7.71. The number of benzene rings is 2. The van der Waals surface area contributed by atoms with Gasteiger partial charge in [0.1, 0.15) is 5.41 Å². The number of fused-ring (bicyclic) bond motifs is 3. The molecule has 120 valence electrons. The zero-order chi connectivity index (χ0) is 16.6. The quantitative estimate of drug-likeness (QED) is 0.800. The Hall–Kier alpha value is -2.36. The molecule has 2 aromatic rings. The molecule has 0 N–H and O–H groups in total. The Balaban J connectivity index is 2.26. The second kappa shape index (κ2) is 5.69. The van der Waals surface area contributed by atoms with Gasteiger partial charge >= 0.3 is 11.9 Å². The number of methoxy groups -OCH3 is 2. The SMILES string of the molecule is COC(=O)C1CCc2c(ccc3ccccc23)C1(C)C(=O)OC. The Morgan fingerprint density at radius 3 is 2.52 bits per heavy atom. The lowest BCUT2D eigenvalue weighted by atomic mass is 9.63. The smallest absolute Gasteiger partial charge is 0.316 e. The highest BCUT2D eigenvalue weighted by atomic mass is 16.5. The predicted molar refractivity (Wildman–Crippen MR) is 87.1 cm³/mol. The number of carbonyl (C=O) groups excluding carboxylic acids is 2. The van der Waals surface area contributed by atoms with Crippen LogP contribution in [-0.2, 0) is 30.9 Å². The van der Waals surface area contributed by atoms with E-state index >= 15 is 0 Å². The standard InChI is InChI=1S/C19H20O4/c1-19(18(21)23-3)15-10-8-12-6-4-5-7-13(12)14(15)9-11-16(19)17(20)22-2/h4-8,10,16H,9,11H2,1-3H3. The van der Waals surface area contributed by atoms with Gasteiger partial charge in [0.05, 0.1) is 20.1 Å². The summed E-state index contributed by atoms with van der Waals surface area (Å²) < 4.78 is 9.98. The summed E-state index contributed by atoms with van der Waals surface area (Å²) >= 11 is 0. The van der Waals surface area contributed by atoms with Gasteiger partial charge in [0, 0.05) is 0 Å². The van der Waals surface area contributed by atoms with Gasteiger partial charge in [-0.25, -0.2) is 0 Å². The molecule has 2 aromatic carbocycles. The summed E-state index contributed by atoms with van der Waals surface area (Å²) in [5.41, 5.74) is 0.959. The summed E-state index contributed by atoms with van der Waals surface area (Å²) in [4.78, 5) is 24.8. The van der Waals surface area contributed by atoms with E-state index < -0.39 is 17.3 Å². The number of rotatable bonds is 2. The molecule has 0 spiro atoms. The molecule has 0 aromatic heterocycles. The molecule has 0 radical (unpaired) electrons. The second-order valence-corrected chi connectivity index (χ2v) is 6.12. The van der Waals surface area contributed by atoms with Crippen LogP contribution < -0.4 is 0 Å². The molecule has 0 saturated heterocycles. The van der Waals surface area contributed by atoms with Crippen LogP contribution in [0.3, 0.4) is 0 Å². The van der Waals surface area contributed by atoms with Gasteiger partial charge in [-0.15, -0.1) is 0 Å². The molecule has 1 aliphatic rings. The summed E-state index contributed by atoms with van der Waals surface area (Å²) in [6.07, 6.45) is 1.31.